The van der Waals surface area contributed by atoms with Gasteiger partial charge in [0.1, 0.15) is 0 Å². The molecule has 0 fully saturated rings. The van der Waals surface area contributed by atoms with Gasteiger partial charge in [0, 0.05) is 4.43 Å². The van der Waals surface area contributed by atoms with E-state index >= 15 is 0 Å². The highest BCUT2D eigenvalue weighted by atomic mass is 127. The second kappa shape index (κ2) is 36.2. The molecule has 1 rings (SSSR count). The maximum atomic E-state index is 13.5. The molecule has 0 unspecified atom stereocenters. The Morgan fingerprint density at radius 2 is 0.547 bits per heavy atom. The van der Waals surface area contributed by atoms with Gasteiger partial charge in [0.2, 0.25) is 34.8 Å². The van der Waals surface area contributed by atoms with Crippen LogP contribution in [0.2, 0.25) is 0 Å². The number of esters is 1. The van der Waals surface area contributed by atoms with Gasteiger partial charge in [-0.2, -0.15) is 8.78 Å². The fourth-order valence-electron chi connectivity index (χ4n) is 3.57. The fourth-order valence-corrected chi connectivity index (χ4v) is 3.88. The highest BCUT2D eigenvalue weighted by molar-refractivity contribution is 14.1. The molecule has 0 amide bonds. The molecule has 0 aliphatic heterocycles. The Balaban J connectivity index is 1.72. The Labute approximate surface area is 320 Å². The molecule has 0 atom stereocenters. The van der Waals surface area contributed by atoms with Crippen molar-refractivity contribution >= 4 is 28.6 Å². The van der Waals surface area contributed by atoms with Crippen LogP contribution >= 0.6 is 22.6 Å². The van der Waals surface area contributed by atoms with Crippen LogP contribution in [-0.2, 0) is 61.6 Å². The number of ether oxygens (including phenoxy) is 13. The van der Waals surface area contributed by atoms with Crippen LogP contribution in [0, 0.1) is 29.1 Å². The van der Waals surface area contributed by atoms with Crippen molar-refractivity contribution in [3.63, 3.8) is 0 Å². The smallest absolute Gasteiger partial charge is 0.313 e. The lowest BCUT2D eigenvalue weighted by atomic mass is 10.2. The summed E-state index contributed by atoms with van der Waals surface area (Å²) in [6.45, 7) is 9.81. The van der Waals surface area contributed by atoms with E-state index in [-0.39, 0.29) is 26.4 Å². The van der Waals surface area contributed by atoms with Crippen LogP contribution in [0.25, 0.3) is 0 Å². The molecule has 0 aromatic heterocycles. The average molecular weight is 895 g/mol. The molecule has 14 nitrogen and oxygen atoms in total. The molecule has 0 heterocycles. The topological polar surface area (TPSA) is 137 Å². The van der Waals surface area contributed by atoms with Gasteiger partial charge in [-0.05, 0) is 0 Å². The molecular formula is C33H52F5IO14. The van der Waals surface area contributed by atoms with Crippen molar-refractivity contribution in [2.45, 2.75) is 6.42 Å². The molecule has 0 N–H and O–H groups in total. The standard InChI is InChI=1S/C33H52F5IO14/c34-28-29(35)31(37)33(32(38)30(28)36)53-27(40)1-3-41-5-7-43-9-11-45-13-15-47-17-19-49-21-23-51-25-26-52-24-22-50-20-18-48-16-14-46-12-10-44-8-6-42-4-2-39/h1-26H2. The molecule has 0 aliphatic carbocycles. The van der Waals surface area contributed by atoms with Gasteiger partial charge in [-0.25, -0.2) is 13.2 Å². The fraction of sp³-hybridized carbons (Fsp3) is 0.788. The molecular weight excluding hydrogens is 842 g/mol. The molecule has 0 bridgehead atoms. The molecule has 0 radical (unpaired) electrons. The molecule has 0 saturated carbocycles. The van der Waals surface area contributed by atoms with Crippen LogP contribution in [0.1, 0.15) is 6.42 Å². The lowest BCUT2D eigenvalue weighted by molar-refractivity contribution is -0.136. The van der Waals surface area contributed by atoms with E-state index in [0.29, 0.717) is 126 Å². The van der Waals surface area contributed by atoms with E-state index in [1.807, 2.05) is 0 Å². The van der Waals surface area contributed by atoms with Gasteiger partial charge in [0.05, 0.1) is 165 Å². The zero-order valence-corrected chi connectivity index (χ0v) is 32.0. The summed E-state index contributed by atoms with van der Waals surface area (Å²) in [7, 11) is 0. The van der Waals surface area contributed by atoms with Gasteiger partial charge in [-0.15, -0.1) is 0 Å². The Morgan fingerprint density at radius 1 is 0.340 bits per heavy atom. The van der Waals surface area contributed by atoms with Crippen molar-refractivity contribution in [2.24, 2.45) is 0 Å². The van der Waals surface area contributed by atoms with Gasteiger partial charge < -0.3 is 61.6 Å². The molecule has 0 saturated heterocycles. The van der Waals surface area contributed by atoms with Crippen molar-refractivity contribution in [1.29, 1.82) is 0 Å². The molecule has 310 valence electrons. The predicted molar refractivity (Wildman–Crippen MR) is 185 cm³/mol. The van der Waals surface area contributed by atoms with E-state index in [4.69, 9.17) is 56.8 Å². The van der Waals surface area contributed by atoms with E-state index in [9.17, 15) is 26.7 Å². The van der Waals surface area contributed by atoms with Crippen molar-refractivity contribution in [3.8, 4) is 5.75 Å². The molecule has 0 aliphatic rings. The third kappa shape index (κ3) is 27.8. The zero-order valence-electron chi connectivity index (χ0n) is 29.9. The first-order valence-electron chi connectivity index (χ1n) is 17.1. The van der Waals surface area contributed by atoms with Gasteiger partial charge in [0.15, 0.2) is 0 Å². The lowest BCUT2D eigenvalue weighted by Gasteiger charge is -2.09. The number of hydrogen-bond acceptors (Lipinski definition) is 14. The number of alkyl halides is 1. The van der Waals surface area contributed by atoms with Gasteiger partial charge in [-0.3, -0.25) is 4.79 Å². The summed E-state index contributed by atoms with van der Waals surface area (Å²) in [5.74, 6) is -14.1. The number of halogens is 6. The Kier molecular flexibility index (Phi) is 33.9. The van der Waals surface area contributed by atoms with Crippen LogP contribution in [0.15, 0.2) is 0 Å². The molecule has 0 spiro atoms. The van der Waals surface area contributed by atoms with E-state index in [1.54, 1.807) is 0 Å². The maximum absolute atomic E-state index is 13.5. The van der Waals surface area contributed by atoms with Gasteiger partial charge >= 0.3 is 5.97 Å². The largest absolute Gasteiger partial charge is 0.420 e. The number of rotatable bonds is 39. The van der Waals surface area contributed by atoms with Crippen molar-refractivity contribution in [3.05, 3.63) is 29.1 Å². The predicted octanol–water partition coefficient (Wildman–Crippen LogP) is 3.31. The average Bonchev–Trinajstić information content (AvgIpc) is 3.16. The summed E-state index contributed by atoms with van der Waals surface area (Å²) in [5, 5.41) is 0. The number of hydrogen-bond donors (Lipinski definition) is 0. The molecule has 53 heavy (non-hydrogen) atoms. The number of benzene rings is 1. The van der Waals surface area contributed by atoms with Crippen molar-refractivity contribution in [1.82, 2.24) is 0 Å². The summed E-state index contributed by atoms with van der Waals surface area (Å²) in [6, 6.07) is 0. The quantitative estimate of drug-likeness (QED) is 0.0140. The van der Waals surface area contributed by atoms with E-state index in [2.05, 4.69) is 27.3 Å². The number of carbonyl (C=O) groups is 1. The first kappa shape index (κ1) is 49.6. The van der Waals surface area contributed by atoms with Crippen LogP contribution < -0.4 is 4.74 Å². The first-order chi connectivity index (χ1) is 25.9. The Morgan fingerprint density at radius 3 is 0.792 bits per heavy atom. The zero-order chi connectivity index (χ0) is 38.6. The summed E-state index contributed by atoms with van der Waals surface area (Å²) in [6.07, 6.45) is -0.488. The summed E-state index contributed by atoms with van der Waals surface area (Å²) < 4.78 is 136. The SMILES string of the molecule is O=C(CCOCCOCCOCCOCCOCCOCCOCCOCCOCCOCCOCCOCCI)Oc1c(F)c(F)c(F)c(F)c1F. The normalized spacial score (nSPS) is 11.5. The summed E-state index contributed by atoms with van der Waals surface area (Å²) in [4.78, 5) is 11.7. The lowest BCUT2D eigenvalue weighted by Crippen LogP contribution is -2.16. The van der Waals surface area contributed by atoms with Crippen molar-refractivity contribution in [2.75, 3.05) is 163 Å². The second-order valence-electron chi connectivity index (χ2n) is 10.2. The molecule has 1 aromatic rings. The summed E-state index contributed by atoms with van der Waals surface area (Å²) >= 11 is 2.26. The summed E-state index contributed by atoms with van der Waals surface area (Å²) in [5.41, 5.74) is 0. The van der Waals surface area contributed by atoms with Crippen LogP contribution in [0.4, 0.5) is 22.0 Å². The Bertz CT molecular complexity index is 1010. The first-order valence-corrected chi connectivity index (χ1v) is 18.6. The monoisotopic (exact) mass is 894 g/mol. The molecule has 1 aromatic carbocycles. The minimum Gasteiger partial charge on any atom is -0.420 e. The third-order valence-electron chi connectivity index (χ3n) is 6.15. The second-order valence-corrected chi connectivity index (χ2v) is 11.2. The van der Waals surface area contributed by atoms with Gasteiger partial charge in [0.25, 0.3) is 0 Å². The number of carbonyl (C=O) groups excluding carboxylic acids is 1. The highest BCUT2D eigenvalue weighted by Gasteiger charge is 2.28. The minimum absolute atomic E-state index is 0.0797. The van der Waals surface area contributed by atoms with Gasteiger partial charge in [-0.1, -0.05) is 22.6 Å². The third-order valence-corrected chi connectivity index (χ3v) is 6.59. The van der Waals surface area contributed by atoms with Crippen LogP contribution in [0.3, 0.4) is 0 Å². The Hall–Kier alpha value is -1.41. The van der Waals surface area contributed by atoms with Crippen LogP contribution in [-0.4, -0.2) is 169 Å². The maximum Gasteiger partial charge on any atom is 0.313 e. The van der Waals surface area contributed by atoms with E-state index < -0.39 is 47.2 Å². The van der Waals surface area contributed by atoms with E-state index in [1.165, 1.54) is 0 Å². The molecule has 20 heteroatoms. The van der Waals surface area contributed by atoms with E-state index in [0.717, 1.165) is 11.0 Å². The van der Waals surface area contributed by atoms with Crippen molar-refractivity contribution < 1.29 is 88.3 Å². The van der Waals surface area contributed by atoms with Crippen LogP contribution in [0.5, 0.6) is 5.75 Å². The minimum atomic E-state index is -2.35. The highest BCUT2D eigenvalue weighted by Crippen LogP contribution is 2.29.